The van der Waals surface area contributed by atoms with Crippen molar-refractivity contribution in [2.75, 3.05) is 12.4 Å². The standard InChI is InChI=1S/C23H24N4O4/c1-15-4-8-18(9-5-15)31-14-17-12-16(6-10-20(17)30-3)7-11-21(28)26-19-13-25-27(2)22(19)23(24)29/h4-13H,14H2,1-3H3,(H2,24,29)(H,26,28)/b11-7+. The summed E-state index contributed by atoms with van der Waals surface area (Å²) >= 11 is 0. The first-order valence-corrected chi connectivity index (χ1v) is 9.54. The number of carbonyl (C=O) groups is 2. The maximum atomic E-state index is 12.3. The second-order valence-corrected chi connectivity index (χ2v) is 6.89. The van der Waals surface area contributed by atoms with Crippen LogP contribution in [0, 0.1) is 6.92 Å². The van der Waals surface area contributed by atoms with Gasteiger partial charge in [0.15, 0.2) is 0 Å². The number of methoxy groups -OCH3 is 1. The van der Waals surface area contributed by atoms with Gasteiger partial charge in [-0.1, -0.05) is 23.8 Å². The Hall–Kier alpha value is -4.07. The molecular formula is C23H24N4O4. The van der Waals surface area contributed by atoms with Gasteiger partial charge in [-0.3, -0.25) is 14.3 Å². The zero-order valence-corrected chi connectivity index (χ0v) is 17.6. The maximum absolute atomic E-state index is 12.3. The highest BCUT2D eigenvalue weighted by atomic mass is 16.5. The van der Waals surface area contributed by atoms with Crippen LogP contribution >= 0.6 is 0 Å². The molecule has 0 saturated heterocycles. The van der Waals surface area contributed by atoms with Gasteiger partial charge < -0.3 is 20.5 Å². The minimum absolute atomic E-state index is 0.127. The smallest absolute Gasteiger partial charge is 0.269 e. The topological polar surface area (TPSA) is 108 Å². The van der Waals surface area contributed by atoms with Crippen LogP contribution in [-0.2, 0) is 18.4 Å². The second-order valence-electron chi connectivity index (χ2n) is 6.89. The number of nitrogens with zero attached hydrogens (tertiary/aromatic N) is 2. The van der Waals surface area contributed by atoms with Gasteiger partial charge in [-0.25, -0.2) is 0 Å². The molecule has 0 unspecified atom stereocenters. The molecule has 0 aliphatic rings. The SMILES string of the molecule is COc1ccc(/C=C/C(=O)Nc2cnn(C)c2C(N)=O)cc1COc1ccc(C)cc1. The van der Waals surface area contributed by atoms with Crippen molar-refractivity contribution in [1.29, 1.82) is 0 Å². The molecule has 0 aliphatic carbocycles. The van der Waals surface area contributed by atoms with Crippen LogP contribution in [0.3, 0.4) is 0 Å². The Morgan fingerprint density at radius 3 is 2.61 bits per heavy atom. The quantitative estimate of drug-likeness (QED) is 0.545. The first kappa shape index (κ1) is 21.6. The predicted molar refractivity (Wildman–Crippen MR) is 118 cm³/mol. The van der Waals surface area contributed by atoms with E-state index in [2.05, 4.69) is 10.4 Å². The largest absolute Gasteiger partial charge is 0.496 e. The number of nitrogens with one attached hydrogen (secondary N) is 1. The molecule has 0 radical (unpaired) electrons. The molecule has 8 nitrogen and oxygen atoms in total. The van der Waals surface area contributed by atoms with Crippen LogP contribution in [0.4, 0.5) is 5.69 Å². The highest BCUT2D eigenvalue weighted by Crippen LogP contribution is 2.23. The van der Waals surface area contributed by atoms with Gasteiger partial charge in [-0.05, 0) is 42.8 Å². The third kappa shape index (κ3) is 5.51. The molecule has 2 aromatic carbocycles. The van der Waals surface area contributed by atoms with Crippen LogP contribution in [-0.4, -0.2) is 28.7 Å². The number of carbonyl (C=O) groups excluding carboxylic acids is 2. The number of hydrogen-bond acceptors (Lipinski definition) is 5. The van der Waals surface area contributed by atoms with E-state index in [4.69, 9.17) is 15.2 Å². The van der Waals surface area contributed by atoms with Crippen molar-refractivity contribution in [2.24, 2.45) is 12.8 Å². The van der Waals surface area contributed by atoms with E-state index in [1.165, 1.54) is 17.0 Å². The van der Waals surface area contributed by atoms with Crippen molar-refractivity contribution in [2.45, 2.75) is 13.5 Å². The fourth-order valence-corrected chi connectivity index (χ4v) is 2.98. The first-order valence-electron chi connectivity index (χ1n) is 9.54. The molecule has 3 N–H and O–H groups in total. The van der Waals surface area contributed by atoms with Crippen molar-refractivity contribution >= 4 is 23.6 Å². The summed E-state index contributed by atoms with van der Waals surface area (Å²) in [7, 11) is 3.17. The third-order valence-corrected chi connectivity index (χ3v) is 4.58. The number of aromatic nitrogens is 2. The highest BCUT2D eigenvalue weighted by Gasteiger charge is 2.15. The van der Waals surface area contributed by atoms with E-state index in [0.717, 1.165) is 22.4 Å². The van der Waals surface area contributed by atoms with E-state index in [1.54, 1.807) is 20.2 Å². The Morgan fingerprint density at radius 2 is 1.94 bits per heavy atom. The Bertz CT molecular complexity index is 1120. The summed E-state index contributed by atoms with van der Waals surface area (Å²) in [6.45, 7) is 2.33. The zero-order valence-electron chi connectivity index (χ0n) is 17.6. The third-order valence-electron chi connectivity index (χ3n) is 4.58. The molecule has 0 saturated carbocycles. The molecule has 0 atom stereocenters. The summed E-state index contributed by atoms with van der Waals surface area (Å²) in [5.74, 6) is 0.362. The molecule has 0 fully saturated rings. The normalized spacial score (nSPS) is 10.8. The van der Waals surface area contributed by atoms with E-state index in [1.807, 2.05) is 49.4 Å². The predicted octanol–water partition coefficient (Wildman–Crippen LogP) is 3.07. The van der Waals surface area contributed by atoms with Crippen molar-refractivity contribution in [3.8, 4) is 11.5 Å². The Labute approximate surface area is 180 Å². The number of amides is 2. The number of nitrogens with two attached hydrogens (primary N) is 1. The zero-order chi connectivity index (χ0) is 22.4. The van der Waals surface area contributed by atoms with Gasteiger partial charge in [0.1, 0.15) is 23.8 Å². The molecule has 160 valence electrons. The van der Waals surface area contributed by atoms with Crippen LogP contribution < -0.4 is 20.5 Å². The van der Waals surface area contributed by atoms with E-state index < -0.39 is 11.8 Å². The van der Waals surface area contributed by atoms with Gasteiger partial charge in [0.2, 0.25) is 5.91 Å². The molecule has 1 aromatic heterocycles. The van der Waals surface area contributed by atoms with Gasteiger partial charge >= 0.3 is 0 Å². The van der Waals surface area contributed by atoms with E-state index >= 15 is 0 Å². The molecule has 2 amide bonds. The summed E-state index contributed by atoms with van der Waals surface area (Å²) in [6, 6.07) is 13.3. The van der Waals surface area contributed by atoms with Gasteiger partial charge in [0.25, 0.3) is 5.91 Å². The number of primary amides is 1. The van der Waals surface area contributed by atoms with Crippen molar-refractivity contribution in [3.63, 3.8) is 0 Å². The van der Waals surface area contributed by atoms with E-state index in [-0.39, 0.29) is 11.4 Å². The lowest BCUT2D eigenvalue weighted by molar-refractivity contribution is -0.111. The number of aryl methyl sites for hydroxylation is 2. The number of rotatable bonds is 8. The lowest BCUT2D eigenvalue weighted by atomic mass is 10.1. The van der Waals surface area contributed by atoms with Gasteiger partial charge in [0.05, 0.1) is 19.0 Å². The monoisotopic (exact) mass is 420 g/mol. The molecular weight excluding hydrogens is 396 g/mol. The second kappa shape index (κ2) is 9.62. The molecule has 0 spiro atoms. The summed E-state index contributed by atoms with van der Waals surface area (Å²) in [5.41, 5.74) is 8.50. The fourth-order valence-electron chi connectivity index (χ4n) is 2.98. The highest BCUT2D eigenvalue weighted by molar-refractivity contribution is 6.06. The minimum Gasteiger partial charge on any atom is -0.496 e. The lowest BCUT2D eigenvalue weighted by Gasteiger charge is -2.11. The van der Waals surface area contributed by atoms with Crippen molar-refractivity contribution < 1.29 is 19.1 Å². The number of benzene rings is 2. The fraction of sp³-hybridized carbons (Fsp3) is 0.174. The van der Waals surface area contributed by atoms with Gasteiger partial charge in [0, 0.05) is 18.7 Å². The average molecular weight is 420 g/mol. The summed E-state index contributed by atoms with van der Waals surface area (Å²) in [4.78, 5) is 23.8. The van der Waals surface area contributed by atoms with Crippen molar-refractivity contribution in [3.05, 3.63) is 77.1 Å². The Morgan fingerprint density at radius 1 is 1.19 bits per heavy atom. The Kier molecular flexibility index (Phi) is 6.71. The minimum atomic E-state index is -0.673. The summed E-state index contributed by atoms with van der Waals surface area (Å²) in [6.07, 6.45) is 4.40. The maximum Gasteiger partial charge on any atom is 0.269 e. The molecule has 3 aromatic rings. The van der Waals surface area contributed by atoms with E-state index in [9.17, 15) is 9.59 Å². The van der Waals surface area contributed by atoms with Crippen LogP contribution in [0.1, 0.15) is 27.2 Å². The van der Waals surface area contributed by atoms with Gasteiger partial charge in [-0.2, -0.15) is 5.10 Å². The van der Waals surface area contributed by atoms with Gasteiger partial charge in [-0.15, -0.1) is 0 Å². The number of ether oxygens (including phenoxy) is 2. The summed E-state index contributed by atoms with van der Waals surface area (Å²) in [5, 5.41) is 6.55. The summed E-state index contributed by atoms with van der Waals surface area (Å²) < 4.78 is 12.6. The Balaban J connectivity index is 1.70. The lowest BCUT2D eigenvalue weighted by Crippen LogP contribution is -2.19. The molecule has 1 heterocycles. The number of hydrogen-bond donors (Lipinski definition) is 2. The van der Waals surface area contributed by atoms with Crippen molar-refractivity contribution in [1.82, 2.24) is 9.78 Å². The van der Waals surface area contributed by atoms with E-state index in [0.29, 0.717) is 12.4 Å². The molecule has 0 aliphatic heterocycles. The first-order chi connectivity index (χ1) is 14.9. The van der Waals surface area contributed by atoms with Crippen LogP contribution in [0.2, 0.25) is 0 Å². The van der Waals surface area contributed by atoms with Crippen LogP contribution in [0.15, 0.2) is 54.7 Å². The molecule has 8 heteroatoms. The molecule has 3 rings (SSSR count). The molecule has 31 heavy (non-hydrogen) atoms. The van der Waals surface area contributed by atoms with Crippen LogP contribution in [0.25, 0.3) is 6.08 Å². The molecule has 0 bridgehead atoms. The average Bonchev–Trinajstić information content (AvgIpc) is 3.12. The number of anilines is 1. The van der Waals surface area contributed by atoms with Crippen LogP contribution in [0.5, 0.6) is 11.5 Å².